The van der Waals surface area contributed by atoms with Crippen molar-refractivity contribution in [1.29, 1.82) is 0 Å². The highest BCUT2D eigenvalue weighted by Crippen LogP contribution is 2.21. The quantitative estimate of drug-likeness (QED) is 0.750. The molecule has 24 heavy (non-hydrogen) atoms. The number of carbonyl (C=O) groups is 1. The molecule has 0 saturated carbocycles. The van der Waals surface area contributed by atoms with Gasteiger partial charge in [-0.1, -0.05) is 5.16 Å². The van der Waals surface area contributed by atoms with Gasteiger partial charge in [-0.2, -0.15) is 5.10 Å². The number of aromatic nitrogens is 4. The number of hydrogen-bond acceptors (Lipinski definition) is 5. The smallest absolute Gasteiger partial charge is 0.263 e. The van der Waals surface area contributed by atoms with Gasteiger partial charge in [-0.25, -0.2) is 0 Å². The summed E-state index contributed by atoms with van der Waals surface area (Å²) in [7, 11) is 1.67. The highest BCUT2D eigenvalue weighted by atomic mass is 35.5. The van der Waals surface area contributed by atoms with E-state index in [9.17, 15) is 9.59 Å². The molecule has 0 fully saturated rings. The molecule has 0 aliphatic rings. The number of amides is 1. The van der Waals surface area contributed by atoms with Crippen molar-refractivity contribution in [2.24, 2.45) is 7.05 Å². The van der Waals surface area contributed by atoms with E-state index in [4.69, 9.17) is 16.1 Å². The van der Waals surface area contributed by atoms with Crippen LogP contribution in [0.3, 0.4) is 0 Å². The number of pyridine rings is 1. The maximum atomic E-state index is 12.4. The van der Waals surface area contributed by atoms with E-state index in [1.165, 1.54) is 4.57 Å². The monoisotopic (exact) mass is 349 g/mol. The number of aromatic amines is 1. The average Bonchev–Trinajstić information content (AvgIpc) is 3.07. The second-order valence-electron chi connectivity index (χ2n) is 5.58. The Morgan fingerprint density at radius 3 is 2.88 bits per heavy atom. The lowest BCUT2D eigenvalue weighted by Crippen LogP contribution is -2.20. The van der Waals surface area contributed by atoms with Crippen molar-refractivity contribution in [2.45, 2.75) is 26.7 Å². The lowest BCUT2D eigenvalue weighted by molar-refractivity contribution is -0.116. The van der Waals surface area contributed by atoms with Crippen LogP contribution in [0.1, 0.15) is 23.4 Å². The van der Waals surface area contributed by atoms with Gasteiger partial charge in [-0.3, -0.25) is 14.7 Å². The van der Waals surface area contributed by atoms with E-state index in [0.717, 1.165) is 5.69 Å². The molecule has 2 N–H and O–H groups in total. The van der Waals surface area contributed by atoms with E-state index in [1.807, 2.05) is 6.92 Å². The Labute approximate surface area is 141 Å². The molecule has 1 amide bonds. The fourth-order valence-corrected chi connectivity index (χ4v) is 2.74. The zero-order chi connectivity index (χ0) is 17.4. The van der Waals surface area contributed by atoms with E-state index in [1.54, 1.807) is 20.0 Å². The fourth-order valence-electron chi connectivity index (χ4n) is 2.47. The minimum atomic E-state index is -0.275. The van der Waals surface area contributed by atoms with Crippen molar-refractivity contribution in [2.75, 3.05) is 5.32 Å². The number of nitrogens with zero attached hydrogens (tertiary/aromatic N) is 3. The molecule has 0 aliphatic heterocycles. The molecule has 0 atom stereocenters. The maximum Gasteiger partial charge on any atom is 0.263 e. The van der Waals surface area contributed by atoms with Crippen LogP contribution in [-0.2, 0) is 18.3 Å². The first-order valence-corrected chi connectivity index (χ1v) is 7.71. The van der Waals surface area contributed by atoms with Gasteiger partial charge in [0.25, 0.3) is 5.56 Å². The third kappa shape index (κ3) is 2.80. The minimum Gasteiger partial charge on any atom is -0.344 e. The molecule has 0 aliphatic carbocycles. The van der Waals surface area contributed by atoms with Crippen LogP contribution in [-0.4, -0.2) is 25.8 Å². The number of fused-ring (bicyclic) bond motifs is 1. The van der Waals surface area contributed by atoms with E-state index in [2.05, 4.69) is 20.7 Å². The lowest BCUT2D eigenvalue weighted by Gasteiger charge is -2.05. The Bertz CT molecular complexity index is 966. The van der Waals surface area contributed by atoms with E-state index in [0.29, 0.717) is 28.6 Å². The molecule has 0 saturated heterocycles. The first kappa shape index (κ1) is 16.3. The Hall–Kier alpha value is -2.61. The molecule has 3 rings (SSSR count). The summed E-state index contributed by atoms with van der Waals surface area (Å²) in [6.07, 6.45) is 0.557. The molecule has 126 valence electrons. The molecular weight excluding hydrogens is 334 g/mol. The zero-order valence-electron chi connectivity index (χ0n) is 13.4. The van der Waals surface area contributed by atoms with Crippen molar-refractivity contribution >= 4 is 34.2 Å². The first-order chi connectivity index (χ1) is 11.4. The Morgan fingerprint density at radius 2 is 2.21 bits per heavy atom. The lowest BCUT2D eigenvalue weighted by atomic mass is 10.1. The van der Waals surface area contributed by atoms with E-state index < -0.39 is 0 Å². The summed E-state index contributed by atoms with van der Waals surface area (Å²) < 4.78 is 6.36. The van der Waals surface area contributed by atoms with Crippen molar-refractivity contribution in [3.63, 3.8) is 0 Å². The minimum absolute atomic E-state index is 0.169. The largest absolute Gasteiger partial charge is 0.344 e. The van der Waals surface area contributed by atoms with Gasteiger partial charge in [0.1, 0.15) is 5.39 Å². The van der Waals surface area contributed by atoms with Gasteiger partial charge in [0.2, 0.25) is 11.1 Å². The normalized spacial score (nSPS) is 11.2. The summed E-state index contributed by atoms with van der Waals surface area (Å²) in [5.74, 6) is -0.0496. The SMILES string of the molecule is Cc1noc(Cl)c1CCC(=O)Nc1n[nH]c2cc(C)n(C)c(=O)c12. The Morgan fingerprint density at radius 1 is 1.46 bits per heavy atom. The molecule has 9 heteroatoms. The van der Waals surface area contributed by atoms with Crippen LogP contribution in [0.5, 0.6) is 0 Å². The highest BCUT2D eigenvalue weighted by molar-refractivity contribution is 6.29. The molecule has 0 unspecified atom stereocenters. The number of rotatable bonds is 4. The van der Waals surface area contributed by atoms with E-state index >= 15 is 0 Å². The summed E-state index contributed by atoms with van der Waals surface area (Å²) >= 11 is 5.88. The zero-order valence-corrected chi connectivity index (χ0v) is 14.2. The van der Waals surface area contributed by atoms with Crippen molar-refractivity contribution in [3.05, 3.63) is 38.6 Å². The van der Waals surface area contributed by atoms with Crippen LogP contribution in [0, 0.1) is 13.8 Å². The Kier molecular flexibility index (Phi) is 4.15. The van der Waals surface area contributed by atoms with Crippen molar-refractivity contribution in [3.8, 4) is 0 Å². The van der Waals surface area contributed by atoms with Crippen LogP contribution in [0.4, 0.5) is 5.82 Å². The van der Waals surface area contributed by atoms with Crippen LogP contribution >= 0.6 is 11.6 Å². The molecule has 0 aromatic carbocycles. The number of aryl methyl sites for hydroxylation is 2. The topological polar surface area (TPSA) is 106 Å². The molecule has 0 radical (unpaired) electrons. The number of anilines is 1. The van der Waals surface area contributed by atoms with Gasteiger partial charge in [0.15, 0.2) is 5.82 Å². The molecule has 3 heterocycles. The van der Waals surface area contributed by atoms with Gasteiger partial charge in [0, 0.05) is 24.7 Å². The Balaban J connectivity index is 1.79. The number of halogens is 1. The number of nitrogens with one attached hydrogen (secondary N) is 2. The van der Waals surface area contributed by atoms with Crippen LogP contribution in [0.15, 0.2) is 15.4 Å². The summed E-state index contributed by atoms with van der Waals surface area (Å²) in [6.45, 7) is 3.58. The summed E-state index contributed by atoms with van der Waals surface area (Å²) in [5.41, 5.74) is 2.52. The molecule has 0 spiro atoms. The standard InChI is InChI=1S/C15H16ClN5O3/c1-7-6-10-12(15(23)21(7)3)14(19-18-10)17-11(22)5-4-9-8(2)20-24-13(9)16/h6H,4-5H2,1-3H3,(H2,17,18,19,22). The van der Waals surface area contributed by atoms with Gasteiger partial charge < -0.3 is 14.4 Å². The highest BCUT2D eigenvalue weighted by Gasteiger charge is 2.16. The molecule has 3 aromatic heterocycles. The van der Waals surface area contributed by atoms with Gasteiger partial charge in [0.05, 0.1) is 11.2 Å². The molecule has 3 aromatic rings. The molecule has 8 nitrogen and oxygen atoms in total. The number of carbonyl (C=O) groups excluding carboxylic acids is 1. The third-order valence-electron chi connectivity index (χ3n) is 3.99. The van der Waals surface area contributed by atoms with Crippen LogP contribution in [0.25, 0.3) is 10.9 Å². The van der Waals surface area contributed by atoms with Crippen LogP contribution in [0.2, 0.25) is 5.22 Å². The predicted octanol–water partition coefficient (Wildman–Crippen LogP) is 2.09. The first-order valence-electron chi connectivity index (χ1n) is 7.33. The second-order valence-corrected chi connectivity index (χ2v) is 5.92. The number of hydrogen-bond donors (Lipinski definition) is 2. The van der Waals surface area contributed by atoms with Crippen LogP contribution < -0.4 is 10.9 Å². The van der Waals surface area contributed by atoms with E-state index in [-0.39, 0.29) is 28.9 Å². The summed E-state index contributed by atoms with van der Waals surface area (Å²) in [6, 6.07) is 1.81. The van der Waals surface area contributed by atoms with Gasteiger partial charge >= 0.3 is 0 Å². The van der Waals surface area contributed by atoms with Gasteiger partial charge in [-0.15, -0.1) is 0 Å². The summed E-state index contributed by atoms with van der Waals surface area (Å²) in [5, 5.41) is 13.7. The molecule has 0 bridgehead atoms. The van der Waals surface area contributed by atoms with Crippen molar-refractivity contribution < 1.29 is 9.32 Å². The number of H-pyrrole nitrogens is 1. The maximum absolute atomic E-state index is 12.4. The third-order valence-corrected chi connectivity index (χ3v) is 4.29. The predicted molar refractivity (Wildman–Crippen MR) is 89.3 cm³/mol. The second kappa shape index (κ2) is 6.12. The van der Waals surface area contributed by atoms with Gasteiger partial charge in [-0.05, 0) is 37.9 Å². The molecular formula is C15H16ClN5O3. The van der Waals surface area contributed by atoms with Crippen molar-refractivity contribution in [1.82, 2.24) is 19.9 Å². The summed E-state index contributed by atoms with van der Waals surface area (Å²) in [4.78, 5) is 24.5. The fraction of sp³-hybridized carbons (Fsp3) is 0.333. The average molecular weight is 350 g/mol.